The third-order valence-electron chi connectivity index (χ3n) is 5.92. The van der Waals surface area contributed by atoms with Crippen LogP contribution in [0, 0.1) is 11.8 Å². The topological polar surface area (TPSA) is 69.7 Å². The second-order valence-corrected chi connectivity index (χ2v) is 9.86. The van der Waals surface area contributed by atoms with Gasteiger partial charge >= 0.3 is 0 Å². The predicted molar refractivity (Wildman–Crippen MR) is 94.1 cm³/mol. The monoisotopic (exact) mass is 357 g/mol. The third-order valence-corrected chi connectivity index (χ3v) is 8.20. The van der Waals surface area contributed by atoms with Crippen molar-refractivity contribution in [2.24, 2.45) is 11.8 Å². The maximum atomic E-state index is 13.0. The average molecular weight is 358 g/mol. The highest BCUT2D eigenvalue weighted by Crippen LogP contribution is 2.30. The lowest BCUT2D eigenvalue weighted by Crippen LogP contribution is -2.50. The predicted octanol–water partition coefficient (Wildman–Crippen LogP) is 1.04. The summed E-state index contributed by atoms with van der Waals surface area (Å²) in [4.78, 5) is 14.5. The number of amides is 1. The van der Waals surface area contributed by atoms with Crippen LogP contribution < -0.4 is 5.32 Å². The van der Waals surface area contributed by atoms with Crippen molar-refractivity contribution in [3.63, 3.8) is 0 Å². The number of carbonyl (C=O) groups is 1. The fourth-order valence-electron chi connectivity index (χ4n) is 4.51. The van der Waals surface area contributed by atoms with Crippen LogP contribution in [0.15, 0.2) is 0 Å². The van der Waals surface area contributed by atoms with E-state index >= 15 is 0 Å². The van der Waals surface area contributed by atoms with Gasteiger partial charge < -0.3 is 10.2 Å². The normalized spacial score (nSPS) is 30.1. The zero-order chi connectivity index (χ0) is 17.2. The highest BCUT2D eigenvalue weighted by atomic mass is 32.2. The second-order valence-electron chi connectivity index (χ2n) is 7.65. The van der Waals surface area contributed by atoms with Crippen molar-refractivity contribution < 1.29 is 13.2 Å². The zero-order valence-corrected chi connectivity index (χ0v) is 15.6. The number of piperidine rings is 1. The summed E-state index contributed by atoms with van der Waals surface area (Å²) in [5, 5.41) is 2.73. The molecule has 2 heterocycles. The molecule has 0 spiro atoms. The molecule has 24 heavy (non-hydrogen) atoms. The molecule has 3 rings (SSSR count). The highest BCUT2D eigenvalue weighted by Gasteiger charge is 2.40. The maximum Gasteiger partial charge on any atom is 0.225 e. The molecule has 7 heteroatoms. The van der Waals surface area contributed by atoms with Gasteiger partial charge in [0.05, 0.1) is 5.25 Å². The van der Waals surface area contributed by atoms with E-state index in [9.17, 15) is 13.2 Å². The summed E-state index contributed by atoms with van der Waals surface area (Å²) < 4.78 is 27.7. The van der Waals surface area contributed by atoms with Gasteiger partial charge in [-0.1, -0.05) is 12.8 Å². The fourth-order valence-corrected chi connectivity index (χ4v) is 6.54. The molecule has 1 saturated carbocycles. The Morgan fingerprint density at radius 2 is 1.79 bits per heavy atom. The Labute approximate surface area is 146 Å². The Kier molecular flexibility index (Phi) is 5.82. The van der Waals surface area contributed by atoms with Crippen molar-refractivity contribution in [1.29, 1.82) is 0 Å². The minimum absolute atomic E-state index is 0.137. The molecule has 6 nitrogen and oxygen atoms in total. The van der Waals surface area contributed by atoms with Crippen LogP contribution in [0.2, 0.25) is 0 Å². The van der Waals surface area contributed by atoms with E-state index in [-0.39, 0.29) is 11.8 Å². The molecule has 0 bridgehead atoms. The third kappa shape index (κ3) is 3.78. The molecule has 0 aromatic heterocycles. The fraction of sp³-hybridized carbons (Fsp3) is 0.941. The Morgan fingerprint density at radius 1 is 1.04 bits per heavy atom. The first-order valence-corrected chi connectivity index (χ1v) is 10.9. The van der Waals surface area contributed by atoms with Crippen molar-refractivity contribution in [3.8, 4) is 0 Å². The Morgan fingerprint density at radius 3 is 2.50 bits per heavy atom. The molecule has 2 unspecified atom stereocenters. The van der Waals surface area contributed by atoms with E-state index in [0.717, 1.165) is 51.6 Å². The van der Waals surface area contributed by atoms with Gasteiger partial charge in [0, 0.05) is 32.1 Å². The smallest absolute Gasteiger partial charge is 0.225 e. The number of rotatable bonds is 5. The molecule has 2 atom stereocenters. The molecule has 0 aromatic carbocycles. The standard InChI is InChI=1S/C17H31N3O3S/c1-18-11-14-8-10-20(12-14)24(22,23)16-7-4-9-19(13-16)17(21)15-5-2-3-6-15/h14-16,18H,2-13H2,1H3. The lowest BCUT2D eigenvalue weighted by molar-refractivity contribution is -0.136. The van der Waals surface area contributed by atoms with Gasteiger partial charge in [0.15, 0.2) is 0 Å². The number of sulfonamides is 1. The molecule has 1 N–H and O–H groups in total. The van der Waals surface area contributed by atoms with Crippen LogP contribution in [-0.4, -0.2) is 68.6 Å². The summed E-state index contributed by atoms with van der Waals surface area (Å²) in [6.07, 6.45) is 6.63. The number of hydrogen-bond donors (Lipinski definition) is 1. The summed E-state index contributed by atoms with van der Waals surface area (Å²) in [7, 11) is -1.38. The highest BCUT2D eigenvalue weighted by molar-refractivity contribution is 7.89. The van der Waals surface area contributed by atoms with Crippen LogP contribution in [0.25, 0.3) is 0 Å². The lowest BCUT2D eigenvalue weighted by atomic mass is 10.0. The van der Waals surface area contributed by atoms with E-state index < -0.39 is 15.3 Å². The van der Waals surface area contributed by atoms with Crippen LogP contribution in [-0.2, 0) is 14.8 Å². The van der Waals surface area contributed by atoms with Gasteiger partial charge in [-0.25, -0.2) is 12.7 Å². The summed E-state index contributed by atoms with van der Waals surface area (Å²) in [5.74, 6) is 0.740. The number of likely N-dealkylation sites (tertiary alicyclic amines) is 1. The molecule has 3 fully saturated rings. The van der Waals surface area contributed by atoms with Crippen LogP contribution >= 0.6 is 0 Å². The number of nitrogens with zero attached hydrogens (tertiary/aromatic N) is 2. The van der Waals surface area contributed by atoms with Gasteiger partial charge in [-0.3, -0.25) is 4.79 Å². The summed E-state index contributed by atoms with van der Waals surface area (Å²) >= 11 is 0. The zero-order valence-electron chi connectivity index (χ0n) is 14.7. The number of nitrogens with one attached hydrogen (secondary N) is 1. The van der Waals surface area contributed by atoms with Crippen molar-refractivity contribution >= 4 is 15.9 Å². The Bertz CT molecular complexity index is 545. The molecule has 3 aliphatic rings. The van der Waals surface area contributed by atoms with Crippen molar-refractivity contribution in [2.75, 3.05) is 39.8 Å². The van der Waals surface area contributed by atoms with Crippen molar-refractivity contribution in [1.82, 2.24) is 14.5 Å². The Hall–Kier alpha value is -0.660. The molecular weight excluding hydrogens is 326 g/mol. The van der Waals surface area contributed by atoms with Crippen LogP contribution in [0.5, 0.6) is 0 Å². The molecule has 2 aliphatic heterocycles. The van der Waals surface area contributed by atoms with Gasteiger partial charge in [-0.2, -0.15) is 0 Å². The average Bonchev–Trinajstić information content (AvgIpc) is 3.26. The summed E-state index contributed by atoms with van der Waals surface area (Å²) in [6, 6.07) is 0. The SMILES string of the molecule is CNCC1CCN(S(=O)(=O)C2CCCN(C(=O)C3CCCC3)C2)C1. The minimum atomic E-state index is -3.29. The molecular formula is C17H31N3O3S. The van der Waals surface area contributed by atoms with Crippen LogP contribution in [0.4, 0.5) is 0 Å². The summed E-state index contributed by atoms with van der Waals surface area (Å²) in [6.45, 7) is 3.23. The lowest BCUT2D eigenvalue weighted by Gasteiger charge is -2.35. The van der Waals surface area contributed by atoms with Crippen LogP contribution in [0.3, 0.4) is 0 Å². The van der Waals surface area contributed by atoms with Gasteiger partial charge in [0.1, 0.15) is 0 Å². The maximum absolute atomic E-state index is 13.0. The molecule has 138 valence electrons. The first-order valence-electron chi connectivity index (χ1n) is 9.44. The molecule has 1 amide bonds. The van der Waals surface area contributed by atoms with E-state index in [2.05, 4.69) is 5.32 Å². The quantitative estimate of drug-likeness (QED) is 0.798. The Balaban J connectivity index is 1.62. The van der Waals surface area contributed by atoms with Crippen molar-refractivity contribution in [2.45, 2.75) is 50.2 Å². The van der Waals surface area contributed by atoms with E-state index in [0.29, 0.717) is 32.0 Å². The molecule has 2 saturated heterocycles. The van der Waals surface area contributed by atoms with E-state index in [4.69, 9.17) is 0 Å². The minimum Gasteiger partial charge on any atom is -0.341 e. The van der Waals surface area contributed by atoms with E-state index in [1.807, 2.05) is 11.9 Å². The van der Waals surface area contributed by atoms with E-state index in [1.54, 1.807) is 4.31 Å². The number of hydrogen-bond acceptors (Lipinski definition) is 4. The van der Waals surface area contributed by atoms with Crippen LogP contribution in [0.1, 0.15) is 44.9 Å². The molecule has 1 aliphatic carbocycles. The van der Waals surface area contributed by atoms with Gasteiger partial charge in [0.2, 0.25) is 15.9 Å². The first kappa shape index (κ1) is 18.1. The van der Waals surface area contributed by atoms with E-state index in [1.165, 1.54) is 0 Å². The van der Waals surface area contributed by atoms with Crippen molar-refractivity contribution in [3.05, 3.63) is 0 Å². The van der Waals surface area contributed by atoms with Gasteiger partial charge in [0.25, 0.3) is 0 Å². The largest absolute Gasteiger partial charge is 0.341 e. The molecule has 0 aromatic rings. The second kappa shape index (κ2) is 7.70. The number of carbonyl (C=O) groups excluding carboxylic acids is 1. The van der Waals surface area contributed by atoms with Gasteiger partial charge in [-0.05, 0) is 51.6 Å². The van der Waals surface area contributed by atoms with Gasteiger partial charge in [-0.15, -0.1) is 0 Å². The molecule has 0 radical (unpaired) electrons. The first-order chi connectivity index (χ1) is 11.5. The summed E-state index contributed by atoms with van der Waals surface area (Å²) in [5.41, 5.74) is 0.